The van der Waals surface area contributed by atoms with Crippen LogP contribution in [0.4, 0.5) is 4.79 Å². The quantitative estimate of drug-likeness (QED) is 0.438. The summed E-state index contributed by atoms with van der Waals surface area (Å²) in [6, 6.07) is -1.48. The summed E-state index contributed by atoms with van der Waals surface area (Å²) in [5.41, 5.74) is 0. The standard InChI is InChI=1S/C12H25N3O5/c1-15(2)6-9-20-8-5-13-12(18)14-10(11(16)17)4-7-19-3/h10H,4-9H2,1-3H3,(H,16,17)(H2,13,14,18). The predicted molar refractivity (Wildman–Crippen MR) is 73.8 cm³/mol. The molecule has 8 heteroatoms. The number of likely N-dealkylation sites (N-methyl/N-ethyl adjacent to an activating group) is 1. The number of amides is 2. The van der Waals surface area contributed by atoms with Gasteiger partial charge in [-0.05, 0) is 14.1 Å². The molecule has 0 aromatic heterocycles. The molecular formula is C12H25N3O5. The summed E-state index contributed by atoms with van der Waals surface area (Å²) in [5, 5.41) is 13.8. The lowest BCUT2D eigenvalue weighted by Crippen LogP contribution is -2.47. The molecule has 8 nitrogen and oxygen atoms in total. The van der Waals surface area contributed by atoms with E-state index in [2.05, 4.69) is 10.6 Å². The summed E-state index contributed by atoms with van der Waals surface area (Å²) in [6.45, 7) is 2.38. The highest BCUT2D eigenvalue weighted by atomic mass is 16.5. The smallest absolute Gasteiger partial charge is 0.326 e. The Balaban J connectivity index is 3.71. The van der Waals surface area contributed by atoms with E-state index in [1.54, 1.807) is 0 Å². The summed E-state index contributed by atoms with van der Waals surface area (Å²) >= 11 is 0. The van der Waals surface area contributed by atoms with Gasteiger partial charge < -0.3 is 30.1 Å². The first-order valence-electron chi connectivity index (χ1n) is 6.46. The van der Waals surface area contributed by atoms with E-state index >= 15 is 0 Å². The van der Waals surface area contributed by atoms with Crippen molar-refractivity contribution in [3.63, 3.8) is 0 Å². The molecule has 0 aliphatic heterocycles. The molecule has 1 unspecified atom stereocenters. The number of carbonyl (C=O) groups is 2. The molecule has 0 aromatic rings. The van der Waals surface area contributed by atoms with E-state index in [0.29, 0.717) is 19.8 Å². The first kappa shape index (κ1) is 18.6. The zero-order valence-corrected chi connectivity index (χ0v) is 12.3. The van der Waals surface area contributed by atoms with Gasteiger partial charge in [0.15, 0.2) is 0 Å². The molecule has 0 aliphatic carbocycles. The van der Waals surface area contributed by atoms with Gasteiger partial charge in [-0.3, -0.25) is 0 Å². The van der Waals surface area contributed by atoms with Crippen LogP contribution in [-0.2, 0) is 14.3 Å². The van der Waals surface area contributed by atoms with Gasteiger partial charge in [0.2, 0.25) is 0 Å². The summed E-state index contributed by atoms with van der Waals surface area (Å²) < 4.78 is 10.1. The predicted octanol–water partition coefficient (Wildman–Crippen LogP) is -0.646. The van der Waals surface area contributed by atoms with Crippen LogP contribution in [0.2, 0.25) is 0 Å². The molecular weight excluding hydrogens is 266 g/mol. The molecule has 0 radical (unpaired) electrons. The molecule has 118 valence electrons. The van der Waals surface area contributed by atoms with Crippen LogP contribution in [0, 0.1) is 0 Å². The van der Waals surface area contributed by atoms with Crippen LogP contribution in [0.1, 0.15) is 6.42 Å². The Morgan fingerprint density at radius 3 is 2.50 bits per heavy atom. The van der Waals surface area contributed by atoms with Crippen molar-refractivity contribution in [2.45, 2.75) is 12.5 Å². The molecule has 0 rings (SSSR count). The lowest BCUT2D eigenvalue weighted by molar-refractivity contribution is -0.139. The Bertz CT molecular complexity index is 286. The number of carboxylic acids is 1. The minimum absolute atomic E-state index is 0.221. The van der Waals surface area contributed by atoms with Crippen molar-refractivity contribution in [2.24, 2.45) is 0 Å². The lowest BCUT2D eigenvalue weighted by Gasteiger charge is -2.15. The molecule has 1 atom stereocenters. The van der Waals surface area contributed by atoms with Gasteiger partial charge in [-0.1, -0.05) is 0 Å². The minimum atomic E-state index is -1.08. The maximum Gasteiger partial charge on any atom is 0.326 e. The molecule has 0 aliphatic rings. The number of ether oxygens (including phenoxy) is 2. The largest absolute Gasteiger partial charge is 0.480 e. The van der Waals surface area contributed by atoms with Gasteiger partial charge in [0.25, 0.3) is 0 Å². The average molecular weight is 291 g/mol. The summed E-state index contributed by atoms with van der Waals surface area (Å²) in [6.07, 6.45) is 0.221. The normalized spacial score (nSPS) is 12.2. The van der Waals surface area contributed by atoms with Crippen LogP contribution >= 0.6 is 0 Å². The zero-order chi connectivity index (χ0) is 15.4. The third kappa shape index (κ3) is 10.5. The van der Waals surface area contributed by atoms with E-state index in [-0.39, 0.29) is 13.0 Å². The Labute approximate surface area is 119 Å². The highest BCUT2D eigenvalue weighted by molar-refractivity contribution is 5.82. The molecule has 0 heterocycles. The van der Waals surface area contributed by atoms with Gasteiger partial charge >= 0.3 is 12.0 Å². The lowest BCUT2D eigenvalue weighted by atomic mass is 10.2. The maximum absolute atomic E-state index is 11.5. The summed E-state index contributed by atoms with van der Waals surface area (Å²) in [5.74, 6) is -1.08. The number of carboxylic acid groups (broad SMARTS) is 1. The molecule has 0 bridgehead atoms. The number of methoxy groups -OCH3 is 1. The molecule has 0 saturated carbocycles. The van der Waals surface area contributed by atoms with E-state index in [4.69, 9.17) is 14.6 Å². The van der Waals surface area contributed by atoms with Crippen molar-refractivity contribution in [3.8, 4) is 0 Å². The second kappa shape index (κ2) is 11.4. The van der Waals surface area contributed by atoms with Crippen LogP contribution in [0.15, 0.2) is 0 Å². The molecule has 0 saturated heterocycles. The van der Waals surface area contributed by atoms with E-state index in [9.17, 15) is 9.59 Å². The van der Waals surface area contributed by atoms with Gasteiger partial charge in [-0.25, -0.2) is 9.59 Å². The number of carbonyl (C=O) groups excluding carboxylic acids is 1. The van der Waals surface area contributed by atoms with E-state index in [0.717, 1.165) is 6.54 Å². The zero-order valence-electron chi connectivity index (χ0n) is 12.3. The topological polar surface area (TPSA) is 100 Å². The van der Waals surface area contributed by atoms with E-state index < -0.39 is 18.0 Å². The number of aliphatic carboxylic acids is 1. The highest BCUT2D eigenvalue weighted by Gasteiger charge is 2.18. The fraction of sp³-hybridized carbons (Fsp3) is 0.833. The van der Waals surface area contributed by atoms with Gasteiger partial charge in [-0.2, -0.15) is 0 Å². The number of nitrogens with one attached hydrogen (secondary N) is 2. The monoisotopic (exact) mass is 291 g/mol. The Morgan fingerprint density at radius 1 is 1.25 bits per heavy atom. The van der Waals surface area contributed by atoms with Crippen molar-refractivity contribution in [2.75, 3.05) is 54.1 Å². The third-order valence-corrected chi connectivity index (χ3v) is 2.43. The average Bonchev–Trinajstić information content (AvgIpc) is 2.37. The minimum Gasteiger partial charge on any atom is -0.480 e. The van der Waals surface area contributed by atoms with Crippen molar-refractivity contribution in [1.29, 1.82) is 0 Å². The van der Waals surface area contributed by atoms with E-state index in [1.165, 1.54) is 7.11 Å². The summed E-state index contributed by atoms with van der Waals surface area (Å²) in [4.78, 5) is 24.4. The molecule has 20 heavy (non-hydrogen) atoms. The Morgan fingerprint density at radius 2 is 1.95 bits per heavy atom. The number of hydrogen-bond acceptors (Lipinski definition) is 5. The molecule has 3 N–H and O–H groups in total. The van der Waals surface area contributed by atoms with Gasteiger partial charge in [0, 0.05) is 33.2 Å². The second-order valence-corrected chi connectivity index (χ2v) is 4.49. The van der Waals surface area contributed by atoms with Gasteiger partial charge in [-0.15, -0.1) is 0 Å². The molecule has 0 fully saturated rings. The number of rotatable bonds is 11. The highest BCUT2D eigenvalue weighted by Crippen LogP contribution is 1.92. The molecule has 0 aromatic carbocycles. The van der Waals surface area contributed by atoms with Crippen LogP contribution < -0.4 is 10.6 Å². The number of urea groups is 1. The summed E-state index contributed by atoms with van der Waals surface area (Å²) in [7, 11) is 5.37. The van der Waals surface area contributed by atoms with Gasteiger partial charge in [0.05, 0.1) is 13.2 Å². The van der Waals surface area contributed by atoms with Crippen LogP contribution in [0.5, 0.6) is 0 Å². The maximum atomic E-state index is 11.5. The van der Waals surface area contributed by atoms with Crippen LogP contribution in [-0.4, -0.2) is 82.2 Å². The molecule has 0 spiro atoms. The fourth-order valence-corrected chi connectivity index (χ4v) is 1.29. The second-order valence-electron chi connectivity index (χ2n) is 4.49. The van der Waals surface area contributed by atoms with E-state index in [1.807, 2.05) is 19.0 Å². The number of nitrogens with zero attached hydrogens (tertiary/aromatic N) is 1. The first-order valence-corrected chi connectivity index (χ1v) is 6.46. The van der Waals surface area contributed by atoms with Crippen molar-refractivity contribution >= 4 is 12.0 Å². The SMILES string of the molecule is COCCC(NC(=O)NCCOCCN(C)C)C(=O)O. The van der Waals surface area contributed by atoms with Crippen LogP contribution in [0.3, 0.4) is 0 Å². The fourth-order valence-electron chi connectivity index (χ4n) is 1.29. The van der Waals surface area contributed by atoms with Crippen molar-refractivity contribution in [1.82, 2.24) is 15.5 Å². The molecule has 2 amide bonds. The van der Waals surface area contributed by atoms with Crippen molar-refractivity contribution < 1.29 is 24.2 Å². The number of hydrogen-bond donors (Lipinski definition) is 3. The van der Waals surface area contributed by atoms with Crippen LogP contribution in [0.25, 0.3) is 0 Å². The van der Waals surface area contributed by atoms with Gasteiger partial charge in [0.1, 0.15) is 6.04 Å². The first-order chi connectivity index (χ1) is 9.47. The third-order valence-electron chi connectivity index (χ3n) is 2.43. The Hall–Kier alpha value is -1.38. The Kier molecular flexibility index (Phi) is 10.7. The van der Waals surface area contributed by atoms with Crippen molar-refractivity contribution in [3.05, 3.63) is 0 Å².